The van der Waals surface area contributed by atoms with Gasteiger partial charge in [0.15, 0.2) is 0 Å². The monoisotopic (exact) mass is 223 g/mol. The second kappa shape index (κ2) is 3.94. The van der Waals surface area contributed by atoms with Crippen molar-refractivity contribution in [1.29, 1.82) is 0 Å². The number of fused-ring (bicyclic) bond motifs is 1. The topological polar surface area (TPSA) is 66.4 Å². The maximum Gasteiger partial charge on any atom is 0.307 e. The van der Waals surface area contributed by atoms with Gasteiger partial charge >= 0.3 is 5.97 Å². The highest BCUT2D eigenvalue weighted by atomic mass is 32.2. The normalized spacial score (nSPS) is 14.3. The van der Waals surface area contributed by atoms with Gasteiger partial charge in [0.25, 0.3) is 0 Å². The summed E-state index contributed by atoms with van der Waals surface area (Å²) in [6, 6.07) is 5.28. The number of nitrogens with one attached hydrogen (secondary N) is 1. The fraction of sp³-hybridized carbons (Fsp3) is 0.200. The van der Waals surface area contributed by atoms with E-state index < -0.39 is 5.97 Å². The molecule has 4 nitrogen and oxygen atoms in total. The van der Waals surface area contributed by atoms with Crippen molar-refractivity contribution < 1.29 is 14.7 Å². The molecule has 0 saturated heterocycles. The molecular weight excluding hydrogens is 214 g/mol. The van der Waals surface area contributed by atoms with E-state index in [1.54, 1.807) is 12.1 Å². The van der Waals surface area contributed by atoms with Crippen molar-refractivity contribution in [2.24, 2.45) is 0 Å². The summed E-state index contributed by atoms with van der Waals surface area (Å²) in [5.41, 5.74) is 1.52. The largest absolute Gasteiger partial charge is 0.481 e. The van der Waals surface area contributed by atoms with Crippen LogP contribution in [0.25, 0.3) is 0 Å². The third kappa shape index (κ3) is 2.30. The number of carbonyl (C=O) groups excluding carboxylic acids is 1. The first-order chi connectivity index (χ1) is 7.15. The Morgan fingerprint density at radius 1 is 1.53 bits per heavy atom. The molecule has 1 aromatic carbocycles. The van der Waals surface area contributed by atoms with Crippen LogP contribution in [0.3, 0.4) is 0 Å². The number of aliphatic carboxylic acids is 1. The zero-order chi connectivity index (χ0) is 10.8. The van der Waals surface area contributed by atoms with Gasteiger partial charge in [-0.1, -0.05) is 6.07 Å². The zero-order valence-corrected chi connectivity index (χ0v) is 8.63. The number of hydrogen-bond acceptors (Lipinski definition) is 3. The third-order valence-electron chi connectivity index (χ3n) is 2.03. The summed E-state index contributed by atoms with van der Waals surface area (Å²) in [6.07, 6.45) is 0.0157. The van der Waals surface area contributed by atoms with Crippen molar-refractivity contribution >= 4 is 29.3 Å². The molecule has 0 spiro atoms. The minimum atomic E-state index is -0.847. The molecule has 0 bridgehead atoms. The first-order valence-corrected chi connectivity index (χ1v) is 5.41. The van der Waals surface area contributed by atoms with Crippen molar-refractivity contribution in [2.45, 2.75) is 11.3 Å². The third-order valence-corrected chi connectivity index (χ3v) is 3.09. The lowest BCUT2D eigenvalue weighted by Gasteiger charge is -2.16. The molecule has 1 aliphatic rings. The molecular formula is C10H9NO3S. The molecule has 0 aliphatic carbocycles. The summed E-state index contributed by atoms with van der Waals surface area (Å²) >= 11 is 1.43. The molecule has 0 atom stereocenters. The van der Waals surface area contributed by atoms with Crippen LogP contribution in [0.5, 0.6) is 0 Å². The molecule has 0 radical (unpaired) electrons. The summed E-state index contributed by atoms with van der Waals surface area (Å²) in [6.45, 7) is 0. The minimum Gasteiger partial charge on any atom is -0.481 e. The van der Waals surface area contributed by atoms with Crippen LogP contribution in [-0.4, -0.2) is 22.7 Å². The van der Waals surface area contributed by atoms with Gasteiger partial charge in [-0.2, -0.15) is 0 Å². The summed E-state index contributed by atoms with van der Waals surface area (Å²) in [7, 11) is 0. The molecule has 5 heteroatoms. The lowest BCUT2D eigenvalue weighted by molar-refractivity contribution is -0.136. The standard InChI is InChI=1S/C10H9NO3S/c12-9-5-15-8-3-6(4-10(13)14)1-2-7(8)11-9/h1-3H,4-5H2,(H,11,12)(H,13,14). The maximum atomic E-state index is 11.1. The quantitative estimate of drug-likeness (QED) is 0.794. The van der Waals surface area contributed by atoms with Gasteiger partial charge in [0.1, 0.15) is 0 Å². The van der Waals surface area contributed by atoms with E-state index in [0.717, 1.165) is 16.1 Å². The first-order valence-electron chi connectivity index (χ1n) is 4.42. The highest BCUT2D eigenvalue weighted by molar-refractivity contribution is 8.00. The van der Waals surface area contributed by atoms with E-state index in [2.05, 4.69) is 5.32 Å². The van der Waals surface area contributed by atoms with Crippen LogP contribution in [-0.2, 0) is 16.0 Å². The van der Waals surface area contributed by atoms with Gasteiger partial charge < -0.3 is 10.4 Å². The molecule has 1 aromatic rings. The Kier molecular flexibility index (Phi) is 2.64. The van der Waals surface area contributed by atoms with Crippen molar-refractivity contribution in [2.75, 3.05) is 11.1 Å². The molecule has 0 saturated carbocycles. The summed E-state index contributed by atoms with van der Waals surface area (Å²) in [5.74, 6) is -0.470. The highest BCUT2D eigenvalue weighted by Crippen LogP contribution is 2.32. The van der Waals surface area contributed by atoms with E-state index in [1.165, 1.54) is 11.8 Å². The molecule has 0 aromatic heterocycles. The molecule has 2 N–H and O–H groups in total. The Hall–Kier alpha value is -1.49. The van der Waals surface area contributed by atoms with E-state index in [1.807, 2.05) is 6.07 Å². The molecule has 78 valence electrons. The van der Waals surface area contributed by atoms with Crippen molar-refractivity contribution in [3.05, 3.63) is 23.8 Å². The molecule has 1 aliphatic heterocycles. The maximum absolute atomic E-state index is 11.1. The number of hydrogen-bond donors (Lipinski definition) is 2. The number of rotatable bonds is 2. The van der Waals surface area contributed by atoms with Gasteiger partial charge in [-0.25, -0.2) is 0 Å². The van der Waals surface area contributed by atoms with E-state index in [4.69, 9.17) is 5.11 Å². The Morgan fingerprint density at radius 3 is 3.07 bits per heavy atom. The number of carboxylic acids is 1. The number of carbonyl (C=O) groups is 2. The fourth-order valence-corrected chi connectivity index (χ4v) is 2.27. The molecule has 1 amide bonds. The average molecular weight is 223 g/mol. The van der Waals surface area contributed by atoms with Gasteiger partial charge in [-0.05, 0) is 17.7 Å². The number of benzene rings is 1. The molecule has 15 heavy (non-hydrogen) atoms. The van der Waals surface area contributed by atoms with Crippen LogP contribution >= 0.6 is 11.8 Å². The van der Waals surface area contributed by atoms with Crippen LogP contribution in [0.1, 0.15) is 5.56 Å². The average Bonchev–Trinajstić information content (AvgIpc) is 2.17. The van der Waals surface area contributed by atoms with Crippen LogP contribution in [0.4, 0.5) is 5.69 Å². The second-order valence-corrected chi connectivity index (χ2v) is 4.26. The SMILES string of the molecule is O=C(O)Cc1ccc2c(c1)SCC(=O)N2. The van der Waals surface area contributed by atoms with Crippen LogP contribution in [0, 0.1) is 0 Å². The predicted molar refractivity (Wildman–Crippen MR) is 57.1 cm³/mol. The molecule has 0 unspecified atom stereocenters. The van der Waals surface area contributed by atoms with Crippen LogP contribution < -0.4 is 5.32 Å². The molecule has 1 heterocycles. The van der Waals surface area contributed by atoms with Gasteiger partial charge in [0, 0.05) is 4.90 Å². The lowest BCUT2D eigenvalue weighted by atomic mass is 10.1. The summed E-state index contributed by atoms with van der Waals surface area (Å²) in [4.78, 5) is 22.5. The molecule has 0 fully saturated rings. The smallest absolute Gasteiger partial charge is 0.307 e. The van der Waals surface area contributed by atoms with E-state index in [-0.39, 0.29) is 12.3 Å². The van der Waals surface area contributed by atoms with Crippen LogP contribution in [0.15, 0.2) is 23.1 Å². The van der Waals surface area contributed by atoms with Gasteiger partial charge in [0.2, 0.25) is 5.91 Å². The number of carboxylic acid groups (broad SMARTS) is 1. The van der Waals surface area contributed by atoms with E-state index in [0.29, 0.717) is 5.75 Å². The van der Waals surface area contributed by atoms with Gasteiger partial charge in [-0.15, -0.1) is 11.8 Å². The Labute approximate surface area is 90.7 Å². The van der Waals surface area contributed by atoms with Gasteiger partial charge in [0.05, 0.1) is 17.9 Å². The van der Waals surface area contributed by atoms with E-state index >= 15 is 0 Å². The first kappa shape index (κ1) is 10.0. The van der Waals surface area contributed by atoms with E-state index in [9.17, 15) is 9.59 Å². The van der Waals surface area contributed by atoms with Gasteiger partial charge in [-0.3, -0.25) is 9.59 Å². The second-order valence-electron chi connectivity index (χ2n) is 3.24. The van der Waals surface area contributed by atoms with Crippen molar-refractivity contribution in [3.63, 3.8) is 0 Å². The summed E-state index contributed by atoms with van der Waals surface area (Å²) < 4.78 is 0. The number of thioether (sulfide) groups is 1. The van der Waals surface area contributed by atoms with Crippen LogP contribution in [0.2, 0.25) is 0 Å². The van der Waals surface area contributed by atoms with Crippen molar-refractivity contribution in [1.82, 2.24) is 0 Å². The fourth-order valence-electron chi connectivity index (χ4n) is 1.40. The number of anilines is 1. The van der Waals surface area contributed by atoms with Crippen molar-refractivity contribution in [3.8, 4) is 0 Å². The Bertz CT molecular complexity index is 431. The Morgan fingerprint density at radius 2 is 2.33 bits per heavy atom. The number of amides is 1. The Balaban J connectivity index is 2.26. The summed E-state index contributed by atoms with van der Waals surface area (Å²) in [5, 5.41) is 11.4. The lowest BCUT2D eigenvalue weighted by Crippen LogP contribution is -2.18. The zero-order valence-electron chi connectivity index (χ0n) is 7.82. The predicted octanol–water partition coefficient (Wildman–Crippen LogP) is 1.36. The molecule has 2 rings (SSSR count). The highest BCUT2D eigenvalue weighted by Gasteiger charge is 2.15. The minimum absolute atomic E-state index is 0.0153.